The normalized spacial score (nSPS) is 14.0. The Kier molecular flexibility index (Phi) is 3.73. The van der Waals surface area contributed by atoms with Gasteiger partial charge >= 0.3 is 0 Å². The SMILES string of the molecule is Cc1cc2cc3c(cc2[nH]c1=O)CN(C(=O)Cc1cccs1)CC3. The van der Waals surface area contributed by atoms with E-state index in [9.17, 15) is 9.59 Å². The van der Waals surface area contributed by atoms with Crippen LogP contribution in [0.1, 0.15) is 21.6 Å². The molecule has 2 aromatic heterocycles. The van der Waals surface area contributed by atoms with E-state index in [0.29, 0.717) is 13.0 Å². The minimum Gasteiger partial charge on any atom is -0.338 e. The zero-order valence-electron chi connectivity index (χ0n) is 13.5. The summed E-state index contributed by atoms with van der Waals surface area (Å²) in [5.41, 5.74) is 3.92. The lowest BCUT2D eigenvalue weighted by Gasteiger charge is -2.29. The van der Waals surface area contributed by atoms with E-state index < -0.39 is 0 Å². The van der Waals surface area contributed by atoms with Gasteiger partial charge in [0.1, 0.15) is 0 Å². The Bertz CT molecular complexity index is 973. The molecule has 24 heavy (non-hydrogen) atoms. The highest BCUT2D eigenvalue weighted by Crippen LogP contribution is 2.25. The summed E-state index contributed by atoms with van der Waals surface area (Å²) in [6, 6.07) is 10.1. The van der Waals surface area contributed by atoms with E-state index in [1.807, 2.05) is 41.5 Å². The number of nitrogens with one attached hydrogen (secondary N) is 1. The van der Waals surface area contributed by atoms with Gasteiger partial charge in [-0.15, -0.1) is 11.3 Å². The van der Waals surface area contributed by atoms with Crippen molar-refractivity contribution in [1.82, 2.24) is 9.88 Å². The molecule has 0 fully saturated rings. The topological polar surface area (TPSA) is 53.2 Å². The Morgan fingerprint density at radius 2 is 2.17 bits per heavy atom. The van der Waals surface area contributed by atoms with Crippen molar-refractivity contribution in [2.24, 2.45) is 0 Å². The second-order valence-corrected chi connectivity index (χ2v) is 7.34. The maximum Gasteiger partial charge on any atom is 0.251 e. The van der Waals surface area contributed by atoms with E-state index in [4.69, 9.17) is 0 Å². The van der Waals surface area contributed by atoms with E-state index in [0.717, 1.165) is 39.9 Å². The molecular formula is C19H18N2O2S. The van der Waals surface area contributed by atoms with Crippen LogP contribution in [0.3, 0.4) is 0 Å². The van der Waals surface area contributed by atoms with Gasteiger partial charge in [0.2, 0.25) is 5.91 Å². The smallest absolute Gasteiger partial charge is 0.251 e. The molecule has 0 saturated heterocycles. The Balaban J connectivity index is 1.62. The third kappa shape index (κ3) is 2.76. The molecule has 3 heterocycles. The summed E-state index contributed by atoms with van der Waals surface area (Å²) in [6.07, 6.45) is 1.33. The van der Waals surface area contributed by atoms with Gasteiger partial charge in [-0.3, -0.25) is 9.59 Å². The maximum absolute atomic E-state index is 12.5. The van der Waals surface area contributed by atoms with Crippen LogP contribution in [-0.4, -0.2) is 22.3 Å². The van der Waals surface area contributed by atoms with Crippen LogP contribution in [0.5, 0.6) is 0 Å². The number of aromatic nitrogens is 1. The third-order valence-electron chi connectivity index (χ3n) is 4.62. The predicted molar refractivity (Wildman–Crippen MR) is 96.4 cm³/mol. The second-order valence-electron chi connectivity index (χ2n) is 6.31. The molecule has 0 atom stereocenters. The van der Waals surface area contributed by atoms with Crippen molar-refractivity contribution in [3.63, 3.8) is 0 Å². The van der Waals surface area contributed by atoms with Crippen molar-refractivity contribution in [2.45, 2.75) is 26.3 Å². The average Bonchev–Trinajstić information content (AvgIpc) is 3.06. The van der Waals surface area contributed by atoms with E-state index >= 15 is 0 Å². The number of pyridine rings is 1. The van der Waals surface area contributed by atoms with Crippen LogP contribution in [0.2, 0.25) is 0 Å². The zero-order chi connectivity index (χ0) is 16.7. The van der Waals surface area contributed by atoms with Gasteiger partial charge in [0.25, 0.3) is 5.56 Å². The lowest BCUT2D eigenvalue weighted by Crippen LogP contribution is -2.36. The molecule has 0 aliphatic carbocycles. The molecule has 122 valence electrons. The van der Waals surface area contributed by atoms with Crippen LogP contribution >= 0.6 is 11.3 Å². The first-order valence-electron chi connectivity index (χ1n) is 8.06. The van der Waals surface area contributed by atoms with Gasteiger partial charge in [-0.1, -0.05) is 6.07 Å². The Labute approximate surface area is 143 Å². The van der Waals surface area contributed by atoms with Crippen molar-refractivity contribution in [1.29, 1.82) is 0 Å². The number of rotatable bonds is 2. The Morgan fingerprint density at radius 3 is 2.96 bits per heavy atom. The van der Waals surface area contributed by atoms with Crippen molar-refractivity contribution in [3.8, 4) is 0 Å². The molecule has 4 rings (SSSR count). The summed E-state index contributed by atoms with van der Waals surface area (Å²) in [4.78, 5) is 30.3. The number of amides is 1. The van der Waals surface area contributed by atoms with Gasteiger partial charge in [-0.25, -0.2) is 0 Å². The maximum atomic E-state index is 12.5. The summed E-state index contributed by atoms with van der Waals surface area (Å²) in [5, 5.41) is 3.06. The number of fused-ring (bicyclic) bond motifs is 2. The number of aryl methyl sites for hydroxylation is 1. The first-order valence-corrected chi connectivity index (χ1v) is 8.94. The number of H-pyrrole nitrogens is 1. The minimum atomic E-state index is -0.0520. The van der Waals surface area contributed by atoms with E-state index in [1.54, 1.807) is 11.3 Å². The molecule has 5 heteroatoms. The molecule has 0 spiro atoms. The van der Waals surface area contributed by atoms with Crippen LogP contribution in [0.25, 0.3) is 10.9 Å². The molecule has 1 N–H and O–H groups in total. The second kappa shape index (κ2) is 5.91. The minimum absolute atomic E-state index is 0.0520. The first kappa shape index (κ1) is 15.1. The number of carbonyl (C=O) groups excluding carboxylic acids is 1. The number of hydrogen-bond donors (Lipinski definition) is 1. The number of benzene rings is 1. The predicted octanol–water partition coefficient (Wildman–Crippen LogP) is 3.03. The van der Waals surface area contributed by atoms with Gasteiger partial charge in [-0.2, -0.15) is 0 Å². The standard InChI is InChI=1S/C19H18N2O2S/c1-12-7-14-8-13-4-5-21(18(22)10-16-3-2-6-24-16)11-15(13)9-17(14)20-19(12)23/h2-3,6-9H,4-5,10-11H2,1H3,(H,20,23). The molecule has 1 aromatic carbocycles. The fourth-order valence-electron chi connectivity index (χ4n) is 3.26. The van der Waals surface area contributed by atoms with E-state index in [1.165, 1.54) is 5.56 Å². The fraction of sp³-hybridized carbons (Fsp3) is 0.263. The van der Waals surface area contributed by atoms with Crippen molar-refractivity contribution < 1.29 is 4.79 Å². The molecule has 0 bridgehead atoms. The third-order valence-corrected chi connectivity index (χ3v) is 5.50. The monoisotopic (exact) mass is 338 g/mol. The van der Waals surface area contributed by atoms with Gasteiger partial charge in [0.05, 0.1) is 6.42 Å². The molecule has 4 nitrogen and oxygen atoms in total. The first-order chi connectivity index (χ1) is 11.6. The highest BCUT2D eigenvalue weighted by atomic mass is 32.1. The Hall–Kier alpha value is -2.40. The Morgan fingerprint density at radius 1 is 1.29 bits per heavy atom. The molecular weight excluding hydrogens is 320 g/mol. The fourth-order valence-corrected chi connectivity index (χ4v) is 3.96. The molecule has 3 aromatic rings. The van der Waals surface area contributed by atoms with Crippen LogP contribution in [0.4, 0.5) is 0 Å². The molecule has 1 aliphatic rings. The summed E-state index contributed by atoms with van der Waals surface area (Å²) in [7, 11) is 0. The van der Waals surface area contributed by atoms with Gasteiger partial charge in [-0.05, 0) is 59.5 Å². The largest absolute Gasteiger partial charge is 0.338 e. The number of thiophene rings is 1. The summed E-state index contributed by atoms with van der Waals surface area (Å²) >= 11 is 1.62. The zero-order valence-corrected chi connectivity index (χ0v) is 14.3. The van der Waals surface area contributed by atoms with Crippen molar-refractivity contribution >= 4 is 28.1 Å². The van der Waals surface area contributed by atoms with Gasteiger partial charge in [0.15, 0.2) is 0 Å². The molecule has 1 amide bonds. The number of nitrogens with zero attached hydrogens (tertiary/aromatic N) is 1. The van der Waals surface area contributed by atoms with Crippen LogP contribution < -0.4 is 5.56 Å². The lowest BCUT2D eigenvalue weighted by molar-refractivity contribution is -0.131. The molecule has 0 unspecified atom stereocenters. The summed E-state index contributed by atoms with van der Waals surface area (Å²) in [6.45, 7) is 3.19. The van der Waals surface area contributed by atoms with Gasteiger partial charge < -0.3 is 9.88 Å². The summed E-state index contributed by atoms with van der Waals surface area (Å²) in [5.74, 6) is 0.167. The average molecular weight is 338 g/mol. The van der Waals surface area contributed by atoms with E-state index in [-0.39, 0.29) is 11.5 Å². The van der Waals surface area contributed by atoms with Crippen LogP contribution in [0.15, 0.2) is 40.5 Å². The summed E-state index contributed by atoms with van der Waals surface area (Å²) < 4.78 is 0. The van der Waals surface area contributed by atoms with Gasteiger partial charge in [0, 0.05) is 29.0 Å². The van der Waals surface area contributed by atoms with E-state index in [2.05, 4.69) is 11.1 Å². The highest BCUT2D eigenvalue weighted by molar-refractivity contribution is 7.10. The van der Waals surface area contributed by atoms with Crippen LogP contribution in [0, 0.1) is 6.92 Å². The number of hydrogen-bond acceptors (Lipinski definition) is 3. The number of aromatic amines is 1. The highest BCUT2D eigenvalue weighted by Gasteiger charge is 2.21. The number of carbonyl (C=O) groups is 1. The quantitative estimate of drug-likeness (QED) is 0.781. The van der Waals surface area contributed by atoms with Crippen molar-refractivity contribution in [3.05, 3.63) is 67.6 Å². The van der Waals surface area contributed by atoms with Crippen LogP contribution in [-0.2, 0) is 24.2 Å². The lowest BCUT2D eigenvalue weighted by atomic mass is 9.96. The molecule has 0 radical (unpaired) electrons. The van der Waals surface area contributed by atoms with Crippen molar-refractivity contribution in [2.75, 3.05) is 6.54 Å². The molecule has 1 aliphatic heterocycles. The molecule has 0 saturated carbocycles.